The Morgan fingerprint density at radius 2 is 1.95 bits per heavy atom. The molecule has 1 fully saturated rings. The summed E-state index contributed by atoms with van der Waals surface area (Å²) >= 11 is 0. The lowest BCUT2D eigenvalue weighted by molar-refractivity contribution is -0.139. The molecule has 0 bridgehead atoms. The predicted molar refractivity (Wildman–Crippen MR) is 83.2 cm³/mol. The zero-order valence-electron chi connectivity index (χ0n) is 13.2. The van der Waals surface area contributed by atoms with Crippen molar-refractivity contribution in [1.82, 2.24) is 10.6 Å². The number of nitrogens with one attached hydrogen (secondary N) is 2. The SMILES string of the molecule is CCCC(NCC(=O)NCCCC1CCCCC1)C(=O)O. The molecule has 3 N–H and O–H groups in total. The Labute approximate surface area is 127 Å². The monoisotopic (exact) mass is 298 g/mol. The van der Waals surface area contributed by atoms with Crippen LogP contribution >= 0.6 is 0 Å². The number of hydrogen-bond donors (Lipinski definition) is 3. The van der Waals surface area contributed by atoms with Crippen molar-refractivity contribution in [2.75, 3.05) is 13.1 Å². The molecule has 0 heterocycles. The van der Waals surface area contributed by atoms with Gasteiger partial charge in [-0.2, -0.15) is 0 Å². The van der Waals surface area contributed by atoms with Crippen molar-refractivity contribution >= 4 is 11.9 Å². The first-order valence-electron chi connectivity index (χ1n) is 8.36. The summed E-state index contributed by atoms with van der Waals surface area (Å²) in [5.41, 5.74) is 0. The topological polar surface area (TPSA) is 78.4 Å². The Hall–Kier alpha value is -1.10. The number of rotatable bonds is 10. The zero-order chi connectivity index (χ0) is 15.5. The average molecular weight is 298 g/mol. The van der Waals surface area contributed by atoms with E-state index in [1.807, 2.05) is 6.92 Å². The minimum atomic E-state index is -0.887. The first kappa shape index (κ1) is 18.0. The molecule has 0 aromatic heterocycles. The average Bonchev–Trinajstić information content (AvgIpc) is 2.48. The summed E-state index contributed by atoms with van der Waals surface area (Å²) in [6, 6.07) is -0.622. The van der Waals surface area contributed by atoms with Crippen LogP contribution < -0.4 is 10.6 Å². The van der Waals surface area contributed by atoms with Gasteiger partial charge >= 0.3 is 5.97 Å². The Bertz CT molecular complexity index is 315. The van der Waals surface area contributed by atoms with Gasteiger partial charge in [0.2, 0.25) is 5.91 Å². The van der Waals surface area contributed by atoms with Crippen LogP contribution in [0.5, 0.6) is 0 Å². The second-order valence-corrected chi connectivity index (χ2v) is 6.06. The van der Waals surface area contributed by atoms with E-state index in [9.17, 15) is 9.59 Å². The summed E-state index contributed by atoms with van der Waals surface area (Å²) < 4.78 is 0. The van der Waals surface area contributed by atoms with Crippen LogP contribution in [0.4, 0.5) is 0 Å². The number of carbonyl (C=O) groups excluding carboxylic acids is 1. The molecule has 0 radical (unpaired) electrons. The molecule has 0 spiro atoms. The molecule has 5 nitrogen and oxygen atoms in total. The van der Waals surface area contributed by atoms with Gasteiger partial charge in [-0.15, -0.1) is 0 Å². The molecule has 0 aromatic rings. The molecule has 1 unspecified atom stereocenters. The van der Waals surface area contributed by atoms with Crippen LogP contribution in [0.25, 0.3) is 0 Å². The summed E-state index contributed by atoms with van der Waals surface area (Å²) in [5.74, 6) is -0.155. The van der Waals surface area contributed by atoms with Gasteiger partial charge in [0.05, 0.1) is 6.54 Å². The van der Waals surface area contributed by atoms with Gasteiger partial charge in [-0.25, -0.2) is 0 Å². The van der Waals surface area contributed by atoms with Gasteiger partial charge in [0.15, 0.2) is 0 Å². The van der Waals surface area contributed by atoms with E-state index < -0.39 is 12.0 Å². The van der Waals surface area contributed by atoms with Gasteiger partial charge in [0.25, 0.3) is 0 Å². The first-order chi connectivity index (χ1) is 10.1. The van der Waals surface area contributed by atoms with Crippen LogP contribution in [0.15, 0.2) is 0 Å². The van der Waals surface area contributed by atoms with Crippen molar-refractivity contribution in [2.45, 2.75) is 70.8 Å². The number of carboxylic acid groups (broad SMARTS) is 1. The molecule has 0 aliphatic heterocycles. The third-order valence-electron chi connectivity index (χ3n) is 4.22. The summed E-state index contributed by atoms with van der Waals surface area (Å²) in [6.07, 6.45) is 10.3. The lowest BCUT2D eigenvalue weighted by atomic mass is 9.86. The van der Waals surface area contributed by atoms with Crippen LogP contribution in [0.1, 0.15) is 64.7 Å². The molecular weight excluding hydrogens is 268 g/mol. The van der Waals surface area contributed by atoms with Crippen LogP contribution in [0.3, 0.4) is 0 Å². The summed E-state index contributed by atoms with van der Waals surface area (Å²) in [6.45, 7) is 2.71. The maximum Gasteiger partial charge on any atom is 0.320 e. The van der Waals surface area contributed by atoms with E-state index in [2.05, 4.69) is 10.6 Å². The minimum Gasteiger partial charge on any atom is -0.480 e. The maximum atomic E-state index is 11.7. The second-order valence-electron chi connectivity index (χ2n) is 6.06. The smallest absolute Gasteiger partial charge is 0.320 e. The highest BCUT2D eigenvalue weighted by Gasteiger charge is 2.16. The summed E-state index contributed by atoms with van der Waals surface area (Å²) in [7, 11) is 0. The molecule has 1 aliphatic carbocycles. The number of aliphatic carboxylic acids is 1. The Morgan fingerprint density at radius 1 is 1.24 bits per heavy atom. The van der Waals surface area contributed by atoms with Crippen molar-refractivity contribution in [3.05, 3.63) is 0 Å². The van der Waals surface area contributed by atoms with Crippen LogP contribution in [-0.4, -0.2) is 36.1 Å². The van der Waals surface area contributed by atoms with Crippen LogP contribution in [0.2, 0.25) is 0 Å². The van der Waals surface area contributed by atoms with Gasteiger partial charge in [-0.05, 0) is 25.2 Å². The fourth-order valence-electron chi connectivity index (χ4n) is 2.97. The van der Waals surface area contributed by atoms with E-state index >= 15 is 0 Å². The van der Waals surface area contributed by atoms with E-state index in [4.69, 9.17) is 5.11 Å². The fraction of sp³-hybridized carbons (Fsp3) is 0.875. The number of hydrogen-bond acceptors (Lipinski definition) is 3. The van der Waals surface area contributed by atoms with Crippen molar-refractivity contribution in [2.24, 2.45) is 5.92 Å². The second kappa shape index (κ2) is 10.6. The van der Waals surface area contributed by atoms with E-state index in [0.29, 0.717) is 13.0 Å². The highest BCUT2D eigenvalue weighted by molar-refractivity contribution is 5.79. The predicted octanol–water partition coefficient (Wildman–Crippen LogP) is 2.31. The number of carboxylic acids is 1. The molecule has 1 rings (SSSR count). The van der Waals surface area contributed by atoms with Gasteiger partial charge in [0, 0.05) is 6.54 Å². The molecule has 1 atom stereocenters. The van der Waals surface area contributed by atoms with E-state index in [1.54, 1.807) is 0 Å². The fourth-order valence-corrected chi connectivity index (χ4v) is 2.97. The largest absolute Gasteiger partial charge is 0.480 e. The van der Waals surface area contributed by atoms with Crippen molar-refractivity contribution < 1.29 is 14.7 Å². The molecule has 122 valence electrons. The van der Waals surface area contributed by atoms with Gasteiger partial charge in [-0.3, -0.25) is 14.9 Å². The normalized spacial score (nSPS) is 17.4. The van der Waals surface area contributed by atoms with Crippen molar-refractivity contribution in [3.63, 3.8) is 0 Å². The lowest BCUT2D eigenvalue weighted by Gasteiger charge is -2.21. The van der Waals surface area contributed by atoms with Crippen LogP contribution in [0, 0.1) is 5.92 Å². The quantitative estimate of drug-likeness (QED) is 0.541. The Kier molecular flexibility index (Phi) is 9.06. The first-order valence-corrected chi connectivity index (χ1v) is 8.36. The van der Waals surface area contributed by atoms with Gasteiger partial charge < -0.3 is 10.4 Å². The molecule has 1 amide bonds. The Balaban J connectivity index is 2.06. The van der Waals surface area contributed by atoms with Crippen molar-refractivity contribution in [1.29, 1.82) is 0 Å². The van der Waals surface area contributed by atoms with Crippen molar-refractivity contribution in [3.8, 4) is 0 Å². The molecule has 5 heteroatoms. The number of carbonyl (C=O) groups is 2. The maximum absolute atomic E-state index is 11.7. The number of amides is 1. The van der Waals surface area contributed by atoms with E-state index in [-0.39, 0.29) is 12.5 Å². The summed E-state index contributed by atoms with van der Waals surface area (Å²) in [4.78, 5) is 22.6. The molecule has 0 saturated heterocycles. The molecule has 21 heavy (non-hydrogen) atoms. The Morgan fingerprint density at radius 3 is 2.57 bits per heavy atom. The highest BCUT2D eigenvalue weighted by Crippen LogP contribution is 2.26. The molecule has 0 aromatic carbocycles. The third-order valence-corrected chi connectivity index (χ3v) is 4.22. The zero-order valence-corrected chi connectivity index (χ0v) is 13.2. The lowest BCUT2D eigenvalue weighted by Crippen LogP contribution is -2.43. The minimum absolute atomic E-state index is 0.0837. The molecule has 1 aliphatic rings. The molecular formula is C16H30N2O3. The van der Waals surface area contributed by atoms with Crippen LogP contribution in [-0.2, 0) is 9.59 Å². The van der Waals surface area contributed by atoms with Gasteiger partial charge in [0.1, 0.15) is 6.04 Å². The van der Waals surface area contributed by atoms with E-state index in [1.165, 1.54) is 38.5 Å². The third kappa shape index (κ3) is 8.05. The summed E-state index contributed by atoms with van der Waals surface area (Å²) in [5, 5.41) is 14.6. The van der Waals surface area contributed by atoms with Gasteiger partial charge in [-0.1, -0.05) is 45.4 Å². The molecule has 1 saturated carbocycles. The van der Waals surface area contributed by atoms with E-state index in [0.717, 1.165) is 18.8 Å². The highest BCUT2D eigenvalue weighted by atomic mass is 16.4. The standard InChI is InChI=1S/C16H30N2O3/c1-2-7-14(16(20)21)18-12-15(19)17-11-6-10-13-8-4-3-5-9-13/h13-14,18H,2-12H2,1H3,(H,17,19)(H,20,21).